The van der Waals surface area contributed by atoms with Crippen molar-refractivity contribution in [2.45, 2.75) is 18.7 Å². The Balaban J connectivity index is 2.99. The fourth-order valence-electron chi connectivity index (χ4n) is 1.29. The quantitative estimate of drug-likeness (QED) is 0.678. The number of nitrogens with two attached hydrogens (primary N) is 1. The maximum absolute atomic E-state index is 12.1. The zero-order valence-electron chi connectivity index (χ0n) is 10.8. The van der Waals surface area contributed by atoms with Gasteiger partial charge in [-0.25, -0.2) is 13.1 Å². The summed E-state index contributed by atoms with van der Waals surface area (Å²) in [6.07, 6.45) is 0. The van der Waals surface area contributed by atoms with E-state index in [4.69, 9.17) is 16.1 Å². The second kappa shape index (κ2) is 5.57. The van der Waals surface area contributed by atoms with Gasteiger partial charge in [0.25, 0.3) is 0 Å². The SMILES string of the molecule is CC(C)(CO)CNS(=O)(=O)c1ccc(C#N)cc1N. The minimum Gasteiger partial charge on any atom is -0.398 e. The number of sulfonamides is 1. The molecule has 0 aromatic heterocycles. The highest BCUT2D eigenvalue weighted by atomic mass is 32.2. The maximum Gasteiger partial charge on any atom is 0.242 e. The minimum atomic E-state index is -3.75. The van der Waals surface area contributed by atoms with E-state index in [-0.39, 0.29) is 23.7 Å². The van der Waals surface area contributed by atoms with Gasteiger partial charge in [0.1, 0.15) is 4.90 Å². The van der Waals surface area contributed by atoms with Gasteiger partial charge in [0.2, 0.25) is 10.0 Å². The summed E-state index contributed by atoms with van der Waals surface area (Å²) in [5.41, 5.74) is 5.39. The second-order valence-corrected chi connectivity index (χ2v) is 6.75. The van der Waals surface area contributed by atoms with Gasteiger partial charge in [-0.05, 0) is 18.2 Å². The molecule has 0 atom stereocenters. The summed E-state index contributed by atoms with van der Waals surface area (Å²) in [5, 5.41) is 17.8. The van der Waals surface area contributed by atoms with Crippen LogP contribution in [-0.4, -0.2) is 26.7 Å². The molecule has 1 rings (SSSR count). The Hall–Kier alpha value is -1.62. The number of benzene rings is 1. The minimum absolute atomic E-state index is 0.0216. The van der Waals surface area contributed by atoms with E-state index >= 15 is 0 Å². The van der Waals surface area contributed by atoms with E-state index in [1.807, 2.05) is 6.07 Å². The van der Waals surface area contributed by atoms with Crippen LogP contribution in [0.25, 0.3) is 0 Å². The molecule has 6 nitrogen and oxygen atoms in total. The molecule has 1 aromatic rings. The van der Waals surface area contributed by atoms with Gasteiger partial charge in [-0.1, -0.05) is 13.8 Å². The molecule has 0 aliphatic carbocycles. The first kappa shape index (κ1) is 15.4. The Morgan fingerprint density at radius 1 is 1.47 bits per heavy atom. The van der Waals surface area contributed by atoms with Gasteiger partial charge < -0.3 is 10.8 Å². The van der Waals surface area contributed by atoms with E-state index in [0.717, 1.165) is 0 Å². The molecule has 0 radical (unpaired) electrons. The maximum atomic E-state index is 12.1. The largest absolute Gasteiger partial charge is 0.398 e. The lowest BCUT2D eigenvalue weighted by Gasteiger charge is -2.22. The van der Waals surface area contributed by atoms with E-state index in [2.05, 4.69) is 4.72 Å². The third-order valence-electron chi connectivity index (χ3n) is 2.60. The fourth-order valence-corrected chi connectivity index (χ4v) is 2.64. The lowest BCUT2D eigenvalue weighted by atomic mass is 9.96. The molecule has 0 bridgehead atoms. The number of rotatable bonds is 5. The number of nitrogen functional groups attached to an aromatic ring is 1. The monoisotopic (exact) mass is 283 g/mol. The van der Waals surface area contributed by atoms with Crippen molar-refractivity contribution in [1.29, 1.82) is 5.26 Å². The standard InChI is InChI=1S/C12H17N3O3S/c1-12(2,8-16)7-15-19(17,18)11-4-3-9(6-13)5-10(11)14/h3-5,15-16H,7-8,14H2,1-2H3. The van der Waals surface area contributed by atoms with Crippen molar-refractivity contribution < 1.29 is 13.5 Å². The van der Waals surface area contributed by atoms with Crippen molar-refractivity contribution in [3.8, 4) is 6.07 Å². The van der Waals surface area contributed by atoms with Crippen molar-refractivity contribution >= 4 is 15.7 Å². The summed E-state index contributed by atoms with van der Waals surface area (Å²) >= 11 is 0. The van der Waals surface area contributed by atoms with Gasteiger partial charge >= 0.3 is 0 Å². The lowest BCUT2D eigenvalue weighted by Crippen LogP contribution is -2.36. The van der Waals surface area contributed by atoms with Crippen LogP contribution >= 0.6 is 0 Å². The molecular weight excluding hydrogens is 266 g/mol. The van der Waals surface area contributed by atoms with Crippen molar-refractivity contribution in [2.24, 2.45) is 5.41 Å². The zero-order valence-corrected chi connectivity index (χ0v) is 11.7. The molecule has 0 heterocycles. The van der Waals surface area contributed by atoms with Gasteiger partial charge in [0.15, 0.2) is 0 Å². The number of hydrogen-bond acceptors (Lipinski definition) is 5. The Morgan fingerprint density at radius 3 is 2.58 bits per heavy atom. The molecule has 4 N–H and O–H groups in total. The van der Waals surface area contributed by atoms with Crippen molar-refractivity contribution in [3.05, 3.63) is 23.8 Å². The Labute approximate surface area is 112 Å². The lowest BCUT2D eigenvalue weighted by molar-refractivity contribution is 0.163. The molecule has 0 aliphatic heterocycles. The predicted molar refractivity (Wildman–Crippen MR) is 71.6 cm³/mol. The van der Waals surface area contributed by atoms with Crippen molar-refractivity contribution in [1.82, 2.24) is 4.72 Å². The number of anilines is 1. The molecule has 0 aliphatic rings. The van der Waals surface area contributed by atoms with E-state index in [1.54, 1.807) is 13.8 Å². The molecule has 7 heteroatoms. The topological polar surface area (TPSA) is 116 Å². The van der Waals surface area contributed by atoms with E-state index < -0.39 is 15.4 Å². The number of nitrogens with zero attached hydrogens (tertiary/aromatic N) is 1. The first-order valence-corrected chi connectivity index (χ1v) is 7.10. The van der Waals surface area contributed by atoms with Crippen LogP contribution in [0.4, 0.5) is 5.69 Å². The van der Waals surface area contributed by atoms with Crippen LogP contribution in [0.5, 0.6) is 0 Å². The van der Waals surface area contributed by atoms with Crippen LogP contribution in [0.3, 0.4) is 0 Å². The molecule has 104 valence electrons. The first-order valence-electron chi connectivity index (χ1n) is 5.62. The second-order valence-electron chi connectivity index (χ2n) is 5.01. The number of aliphatic hydroxyl groups excluding tert-OH is 1. The highest BCUT2D eigenvalue weighted by molar-refractivity contribution is 7.89. The molecule has 19 heavy (non-hydrogen) atoms. The molecule has 0 amide bonds. The Kier molecular flexibility index (Phi) is 4.52. The van der Waals surface area contributed by atoms with Gasteiger partial charge in [0, 0.05) is 18.6 Å². The average Bonchev–Trinajstić information content (AvgIpc) is 2.36. The highest BCUT2D eigenvalue weighted by Gasteiger charge is 2.23. The molecule has 0 fully saturated rings. The normalized spacial score (nSPS) is 12.1. The van der Waals surface area contributed by atoms with E-state index in [1.165, 1.54) is 18.2 Å². The Bertz CT molecular complexity index is 603. The summed E-state index contributed by atoms with van der Waals surface area (Å²) in [5.74, 6) is 0. The van der Waals surface area contributed by atoms with Crippen LogP contribution in [0.1, 0.15) is 19.4 Å². The third-order valence-corrected chi connectivity index (χ3v) is 4.07. The summed E-state index contributed by atoms with van der Waals surface area (Å²) in [6, 6.07) is 5.88. The van der Waals surface area contributed by atoms with Gasteiger partial charge in [-0.15, -0.1) is 0 Å². The van der Waals surface area contributed by atoms with Crippen LogP contribution in [0.15, 0.2) is 23.1 Å². The van der Waals surface area contributed by atoms with Gasteiger partial charge in [0.05, 0.1) is 17.3 Å². The van der Waals surface area contributed by atoms with E-state index in [9.17, 15) is 8.42 Å². The number of nitrogens with one attached hydrogen (secondary N) is 1. The smallest absolute Gasteiger partial charge is 0.242 e. The van der Waals surface area contributed by atoms with Crippen LogP contribution < -0.4 is 10.5 Å². The van der Waals surface area contributed by atoms with Crippen molar-refractivity contribution in [2.75, 3.05) is 18.9 Å². The molecule has 1 aromatic carbocycles. The third kappa shape index (κ3) is 3.92. The predicted octanol–water partition coefficient (Wildman–Crippen LogP) is 0.437. The molecule has 0 saturated heterocycles. The van der Waals surface area contributed by atoms with Crippen LogP contribution in [0.2, 0.25) is 0 Å². The highest BCUT2D eigenvalue weighted by Crippen LogP contribution is 2.20. The molecule has 0 unspecified atom stereocenters. The van der Waals surface area contributed by atoms with Crippen molar-refractivity contribution in [3.63, 3.8) is 0 Å². The summed E-state index contributed by atoms with van der Waals surface area (Å²) in [7, 11) is -3.75. The molecule has 0 saturated carbocycles. The van der Waals surface area contributed by atoms with E-state index in [0.29, 0.717) is 5.56 Å². The molecule has 0 spiro atoms. The summed E-state index contributed by atoms with van der Waals surface area (Å²) in [4.78, 5) is -0.0692. The molecular formula is C12H17N3O3S. The Morgan fingerprint density at radius 2 is 2.11 bits per heavy atom. The number of hydrogen-bond donors (Lipinski definition) is 3. The summed E-state index contributed by atoms with van der Waals surface area (Å²) < 4.78 is 26.5. The number of aliphatic hydroxyl groups is 1. The zero-order chi connectivity index (χ0) is 14.7. The first-order chi connectivity index (χ1) is 8.72. The fraction of sp³-hybridized carbons (Fsp3) is 0.417. The van der Waals surface area contributed by atoms with Gasteiger partial charge in [-0.3, -0.25) is 0 Å². The average molecular weight is 283 g/mol. The summed E-state index contributed by atoms with van der Waals surface area (Å²) in [6.45, 7) is 3.42. The number of nitriles is 1. The van der Waals surface area contributed by atoms with Crippen LogP contribution in [-0.2, 0) is 10.0 Å². The van der Waals surface area contributed by atoms with Gasteiger partial charge in [-0.2, -0.15) is 5.26 Å². The van der Waals surface area contributed by atoms with Crippen LogP contribution in [0, 0.1) is 16.7 Å².